The highest BCUT2D eigenvalue weighted by molar-refractivity contribution is 8.01. The first-order valence-corrected chi connectivity index (χ1v) is 8.04. The summed E-state index contributed by atoms with van der Waals surface area (Å²) in [6.45, 7) is 7.94. The monoisotopic (exact) mass is 291 g/mol. The van der Waals surface area contributed by atoms with Crippen LogP contribution in [0, 0.1) is 0 Å². The number of nitrogens with zero attached hydrogens (tertiary/aromatic N) is 1. The number of hydrogen-bond donors (Lipinski definition) is 0. The Morgan fingerprint density at radius 3 is 2.60 bits per heavy atom. The first-order valence-electron chi connectivity index (χ1n) is 7.16. The molecule has 3 nitrogen and oxygen atoms in total. The smallest absolute Gasteiger partial charge is 0.240 e. The van der Waals surface area contributed by atoms with Crippen LogP contribution in [0.1, 0.15) is 50.9 Å². The number of Topliss-reactive ketones (excluding diaryl/α,β-unsaturated/α-hetero) is 1. The van der Waals surface area contributed by atoms with E-state index < -0.39 is 0 Å². The number of carbonyl (C=O) groups excluding carboxylic acids is 2. The lowest BCUT2D eigenvalue weighted by molar-refractivity contribution is -0.118. The molecular weight excluding hydrogens is 270 g/mol. The second-order valence-corrected chi connectivity index (χ2v) is 6.52. The van der Waals surface area contributed by atoms with Gasteiger partial charge in [-0.1, -0.05) is 13.8 Å². The summed E-state index contributed by atoms with van der Waals surface area (Å²) in [5, 5.41) is -0.0446. The van der Waals surface area contributed by atoms with Crippen molar-refractivity contribution in [2.45, 2.75) is 56.7 Å². The van der Waals surface area contributed by atoms with Crippen molar-refractivity contribution in [2.75, 3.05) is 4.90 Å². The van der Waals surface area contributed by atoms with Crippen molar-refractivity contribution in [3.63, 3.8) is 0 Å². The van der Waals surface area contributed by atoms with Crippen LogP contribution in [-0.4, -0.2) is 23.0 Å². The van der Waals surface area contributed by atoms with Crippen molar-refractivity contribution in [1.29, 1.82) is 0 Å². The Morgan fingerprint density at radius 2 is 2.05 bits per heavy atom. The van der Waals surface area contributed by atoms with Crippen LogP contribution in [0.25, 0.3) is 0 Å². The molecule has 0 radical (unpaired) electrons. The summed E-state index contributed by atoms with van der Waals surface area (Å²) in [6, 6.07) is 5.81. The van der Waals surface area contributed by atoms with Crippen LogP contribution in [0.15, 0.2) is 23.1 Å². The molecule has 1 aromatic rings. The maximum absolute atomic E-state index is 12.5. The molecule has 4 heteroatoms. The summed E-state index contributed by atoms with van der Waals surface area (Å²) >= 11 is 1.58. The van der Waals surface area contributed by atoms with Gasteiger partial charge in [0.1, 0.15) is 0 Å². The molecule has 108 valence electrons. The van der Waals surface area contributed by atoms with E-state index in [2.05, 4.69) is 0 Å². The van der Waals surface area contributed by atoms with E-state index in [-0.39, 0.29) is 23.0 Å². The number of carbonyl (C=O) groups is 2. The number of benzene rings is 1. The van der Waals surface area contributed by atoms with Gasteiger partial charge in [0.25, 0.3) is 0 Å². The Morgan fingerprint density at radius 1 is 1.35 bits per heavy atom. The normalized spacial score (nSPS) is 18.4. The molecule has 1 aliphatic rings. The summed E-state index contributed by atoms with van der Waals surface area (Å²) in [5.41, 5.74) is 1.68. The fraction of sp³-hybridized carbons (Fsp3) is 0.500. The van der Waals surface area contributed by atoms with Gasteiger partial charge in [0, 0.05) is 22.9 Å². The van der Waals surface area contributed by atoms with E-state index in [4.69, 9.17) is 0 Å². The lowest BCUT2D eigenvalue weighted by Gasteiger charge is -2.36. The largest absolute Gasteiger partial charge is 0.308 e. The molecule has 1 amide bonds. The number of fused-ring (bicyclic) bond motifs is 1. The van der Waals surface area contributed by atoms with Crippen molar-refractivity contribution >= 4 is 29.1 Å². The first kappa shape index (κ1) is 15.1. The van der Waals surface area contributed by atoms with Gasteiger partial charge in [-0.3, -0.25) is 9.59 Å². The number of thioether (sulfide) groups is 1. The Bertz CT molecular complexity index is 539. The third-order valence-electron chi connectivity index (χ3n) is 3.53. The van der Waals surface area contributed by atoms with Crippen LogP contribution < -0.4 is 4.90 Å². The molecule has 0 aliphatic carbocycles. The average molecular weight is 291 g/mol. The predicted molar refractivity (Wildman–Crippen MR) is 83.6 cm³/mol. The fourth-order valence-electron chi connectivity index (χ4n) is 2.45. The molecule has 0 aromatic heterocycles. The molecule has 0 N–H and O–H groups in total. The second kappa shape index (κ2) is 6.00. The molecule has 1 aliphatic heterocycles. The molecule has 20 heavy (non-hydrogen) atoms. The number of hydrogen-bond acceptors (Lipinski definition) is 3. The molecule has 2 rings (SSSR count). The number of anilines is 1. The summed E-state index contributed by atoms with van der Waals surface area (Å²) in [6.07, 6.45) is 1.31. The molecule has 0 fully saturated rings. The van der Waals surface area contributed by atoms with Crippen molar-refractivity contribution in [1.82, 2.24) is 0 Å². The van der Waals surface area contributed by atoms with Crippen LogP contribution >= 0.6 is 11.8 Å². The van der Waals surface area contributed by atoms with Gasteiger partial charge >= 0.3 is 0 Å². The molecule has 0 spiro atoms. The lowest BCUT2D eigenvalue weighted by atomic mass is 10.1. The minimum atomic E-state index is -0.0446. The maximum atomic E-state index is 12.5. The van der Waals surface area contributed by atoms with Gasteiger partial charge < -0.3 is 4.90 Å². The molecule has 1 aromatic carbocycles. The molecule has 0 saturated carbocycles. The molecule has 1 heterocycles. The van der Waals surface area contributed by atoms with E-state index in [0.717, 1.165) is 22.6 Å². The van der Waals surface area contributed by atoms with Gasteiger partial charge in [-0.05, 0) is 38.5 Å². The topological polar surface area (TPSA) is 37.4 Å². The Balaban J connectivity index is 2.48. The highest BCUT2D eigenvalue weighted by Gasteiger charge is 2.34. The van der Waals surface area contributed by atoms with Gasteiger partial charge in [-0.2, -0.15) is 0 Å². The minimum absolute atomic E-state index is 0.0446. The lowest BCUT2D eigenvalue weighted by Crippen LogP contribution is -2.44. The van der Waals surface area contributed by atoms with E-state index in [0.29, 0.717) is 6.42 Å². The van der Waals surface area contributed by atoms with E-state index in [1.807, 2.05) is 50.8 Å². The molecule has 1 atom stereocenters. The summed E-state index contributed by atoms with van der Waals surface area (Å²) in [5.74, 6) is 0.323. The first-order chi connectivity index (χ1) is 9.49. The summed E-state index contributed by atoms with van der Waals surface area (Å²) in [4.78, 5) is 27.2. The van der Waals surface area contributed by atoms with Gasteiger partial charge in [0.05, 0.1) is 10.9 Å². The highest BCUT2D eigenvalue weighted by Crippen LogP contribution is 2.41. The van der Waals surface area contributed by atoms with E-state index >= 15 is 0 Å². The van der Waals surface area contributed by atoms with E-state index in [1.54, 1.807) is 11.8 Å². The fourth-order valence-corrected chi connectivity index (χ4v) is 3.62. The van der Waals surface area contributed by atoms with Gasteiger partial charge in [0.15, 0.2) is 5.78 Å². The van der Waals surface area contributed by atoms with Crippen molar-refractivity contribution in [2.24, 2.45) is 0 Å². The third kappa shape index (κ3) is 2.62. The van der Waals surface area contributed by atoms with Gasteiger partial charge in [0.2, 0.25) is 5.91 Å². The molecular formula is C16H21NO2S. The third-order valence-corrected chi connectivity index (χ3v) is 4.93. The Hall–Kier alpha value is -1.29. The second-order valence-electron chi connectivity index (χ2n) is 5.28. The summed E-state index contributed by atoms with van der Waals surface area (Å²) in [7, 11) is 0. The number of rotatable bonds is 4. The van der Waals surface area contributed by atoms with Gasteiger partial charge in [-0.25, -0.2) is 0 Å². The number of ketones is 1. The van der Waals surface area contributed by atoms with Gasteiger partial charge in [-0.15, -0.1) is 11.8 Å². The van der Waals surface area contributed by atoms with E-state index in [9.17, 15) is 9.59 Å². The summed E-state index contributed by atoms with van der Waals surface area (Å²) < 4.78 is 0. The van der Waals surface area contributed by atoms with Crippen molar-refractivity contribution < 1.29 is 9.59 Å². The van der Waals surface area contributed by atoms with Crippen LogP contribution in [-0.2, 0) is 4.79 Å². The van der Waals surface area contributed by atoms with Crippen LogP contribution in [0.4, 0.5) is 5.69 Å². The van der Waals surface area contributed by atoms with E-state index in [1.165, 1.54) is 0 Å². The zero-order valence-corrected chi connectivity index (χ0v) is 13.3. The standard InChI is InChI=1S/C16H21NO2S/c1-5-13(18)11-7-8-12-15(9-11)20-14(6-2)16(19)17(12)10(3)4/h7-10,14H,5-6H2,1-4H3. The zero-order chi connectivity index (χ0) is 14.9. The number of amides is 1. The molecule has 0 saturated heterocycles. The molecule has 0 bridgehead atoms. The Labute approximate surface area is 124 Å². The maximum Gasteiger partial charge on any atom is 0.240 e. The average Bonchev–Trinajstić information content (AvgIpc) is 2.44. The van der Waals surface area contributed by atoms with Crippen LogP contribution in [0.5, 0.6) is 0 Å². The van der Waals surface area contributed by atoms with Crippen molar-refractivity contribution in [3.8, 4) is 0 Å². The Kier molecular flexibility index (Phi) is 4.53. The molecule has 1 unspecified atom stereocenters. The van der Waals surface area contributed by atoms with Crippen LogP contribution in [0.2, 0.25) is 0 Å². The SMILES string of the molecule is CCC(=O)c1ccc2c(c1)SC(CC)C(=O)N2C(C)C. The predicted octanol–water partition coefficient (Wildman–Crippen LogP) is 3.91. The quantitative estimate of drug-likeness (QED) is 0.789. The van der Waals surface area contributed by atoms with Crippen molar-refractivity contribution in [3.05, 3.63) is 23.8 Å². The highest BCUT2D eigenvalue weighted by atomic mass is 32.2. The van der Waals surface area contributed by atoms with Crippen LogP contribution in [0.3, 0.4) is 0 Å². The minimum Gasteiger partial charge on any atom is -0.308 e. The zero-order valence-electron chi connectivity index (χ0n) is 12.5.